The van der Waals surface area contributed by atoms with Crippen molar-refractivity contribution in [2.45, 2.75) is 19.9 Å². The van der Waals surface area contributed by atoms with Crippen LogP contribution in [0.5, 0.6) is 5.75 Å². The molecule has 106 valence electrons. The number of halogens is 1. The largest absolute Gasteiger partial charge is 0.495 e. The minimum atomic E-state index is -0.238. The van der Waals surface area contributed by atoms with Gasteiger partial charge >= 0.3 is 0 Å². The van der Waals surface area contributed by atoms with Gasteiger partial charge in [0.05, 0.1) is 13.2 Å². The summed E-state index contributed by atoms with van der Waals surface area (Å²) in [7, 11) is 1.61. The highest BCUT2D eigenvalue weighted by molar-refractivity contribution is 5.38. The number of aryl methyl sites for hydroxylation is 1. The van der Waals surface area contributed by atoms with Crippen molar-refractivity contribution in [3.8, 4) is 5.75 Å². The first-order chi connectivity index (χ1) is 9.65. The van der Waals surface area contributed by atoms with Gasteiger partial charge in [-0.3, -0.25) is 4.98 Å². The summed E-state index contributed by atoms with van der Waals surface area (Å²) in [6.07, 6.45) is 1.72. The molecular weight excluding hydrogens is 255 g/mol. The molecule has 1 N–H and O–H groups in total. The second-order valence-electron chi connectivity index (χ2n) is 4.64. The molecule has 0 fully saturated rings. The van der Waals surface area contributed by atoms with Gasteiger partial charge in [-0.2, -0.15) is 0 Å². The molecular formula is C16H19FN2O. The van der Waals surface area contributed by atoms with Crippen molar-refractivity contribution in [3.05, 3.63) is 59.2 Å². The highest BCUT2D eigenvalue weighted by atomic mass is 19.1. The lowest BCUT2D eigenvalue weighted by atomic mass is 10.00. The number of aromatic nitrogens is 1. The molecule has 0 bridgehead atoms. The Bertz CT molecular complexity index is 566. The SMILES string of the molecule is CCNC(c1cc(C)cc(F)c1)c1ncccc1OC. The molecule has 2 rings (SSSR count). The average Bonchev–Trinajstić information content (AvgIpc) is 2.43. The zero-order valence-corrected chi connectivity index (χ0v) is 12.0. The van der Waals surface area contributed by atoms with Crippen LogP contribution in [0.4, 0.5) is 4.39 Å². The van der Waals surface area contributed by atoms with Crippen LogP contribution in [-0.4, -0.2) is 18.6 Å². The van der Waals surface area contributed by atoms with Gasteiger partial charge in [0.15, 0.2) is 0 Å². The average molecular weight is 274 g/mol. The van der Waals surface area contributed by atoms with Crippen LogP contribution in [-0.2, 0) is 0 Å². The first kappa shape index (κ1) is 14.5. The summed E-state index contributed by atoms with van der Waals surface area (Å²) >= 11 is 0. The fraction of sp³-hybridized carbons (Fsp3) is 0.312. The summed E-state index contributed by atoms with van der Waals surface area (Å²) in [6.45, 7) is 4.64. The molecule has 4 heteroatoms. The van der Waals surface area contributed by atoms with Crippen molar-refractivity contribution in [1.29, 1.82) is 0 Å². The monoisotopic (exact) mass is 274 g/mol. The van der Waals surface area contributed by atoms with Crippen molar-refractivity contribution >= 4 is 0 Å². The Morgan fingerprint density at radius 3 is 2.80 bits per heavy atom. The van der Waals surface area contributed by atoms with Gasteiger partial charge in [-0.1, -0.05) is 13.0 Å². The van der Waals surface area contributed by atoms with E-state index in [1.165, 1.54) is 12.1 Å². The number of nitrogens with one attached hydrogen (secondary N) is 1. The molecule has 1 unspecified atom stereocenters. The first-order valence-electron chi connectivity index (χ1n) is 6.65. The quantitative estimate of drug-likeness (QED) is 0.909. The molecule has 1 aromatic carbocycles. The summed E-state index contributed by atoms with van der Waals surface area (Å²) < 4.78 is 19.0. The number of rotatable bonds is 5. The van der Waals surface area contributed by atoms with Crippen LogP contribution < -0.4 is 10.1 Å². The third-order valence-electron chi connectivity index (χ3n) is 3.10. The molecule has 0 radical (unpaired) electrons. The van der Waals surface area contributed by atoms with Crippen LogP contribution >= 0.6 is 0 Å². The number of benzene rings is 1. The van der Waals surface area contributed by atoms with E-state index < -0.39 is 0 Å². The first-order valence-corrected chi connectivity index (χ1v) is 6.65. The predicted octanol–water partition coefficient (Wildman–Crippen LogP) is 3.24. The summed E-state index contributed by atoms with van der Waals surface area (Å²) in [6, 6.07) is 8.51. The fourth-order valence-electron chi connectivity index (χ4n) is 2.30. The number of methoxy groups -OCH3 is 1. The van der Waals surface area contributed by atoms with E-state index in [0.29, 0.717) is 5.75 Å². The van der Waals surface area contributed by atoms with Crippen LogP contribution in [0.15, 0.2) is 36.5 Å². The Morgan fingerprint density at radius 1 is 1.35 bits per heavy atom. The highest BCUT2D eigenvalue weighted by Crippen LogP contribution is 2.28. The maximum absolute atomic E-state index is 13.6. The van der Waals surface area contributed by atoms with Crippen molar-refractivity contribution in [3.63, 3.8) is 0 Å². The van der Waals surface area contributed by atoms with Gasteiger partial charge in [-0.15, -0.1) is 0 Å². The van der Waals surface area contributed by atoms with E-state index >= 15 is 0 Å². The van der Waals surface area contributed by atoms with E-state index in [2.05, 4.69) is 10.3 Å². The Balaban J connectivity index is 2.50. The number of ether oxygens (including phenoxy) is 1. The fourth-order valence-corrected chi connectivity index (χ4v) is 2.30. The number of hydrogen-bond donors (Lipinski definition) is 1. The zero-order valence-electron chi connectivity index (χ0n) is 12.0. The van der Waals surface area contributed by atoms with E-state index in [0.717, 1.165) is 23.4 Å². The summed E-state index contributed by atoms with van der Waals surface area (Å²) in [5, 5.41) is 3.34. The second kappa shape index (κ2) is 6.48. The van der Waals surface area contributed by atoms with Crippen LogP contribution in [0.25, 0.3) is 0 Å². The normalized spacial score (nSPS) is 12.2. The van der Waals surface area contributed by atoms with E-state index in [1.54, 1.807) is 13.3 Å². The summed E-state index contributed by atoms with van der Waals surface area (Å²) in [4.78, 5) is 4.39. The molecule has 0 aliphatic rings. The topological polar surface area (TPSA) is 34.2 Å². The van der Waals surface area contributed by atoms with Crippen LogP contribution in [0.2, 0.25) is 0 Å². The van der Waals surface area contributed by atoms with Gasteiger partial charge in [-0.05, 0) is 48.9 Å². The molecule has 0 saturated heterocycles. The molecule has 3 nitrogen and oxygen atoms in total. The Kier molecular flexibility index (Phi) is 4.69. The minimum Gasteiger partial charge on any atom is -0.495 e. The van der Waals surface area contributed by atoms with E-state index in [-0.39, 0.29) is 11.9 Å². The van der Waals surface area contributed by atoms with Crippen molar-refractivity contribution in [2.24, 2.45) is 0 Å². The van der Waals surface area contributed by atoms with Crippen LogP contribution in [0.1, 0.15) is 29.8 Å². The molecule has 2 aromatic rings. The molecule has 1 atom stereocenters. The third-order valence-corrected chi connectivity index (χ3v) is 3.10. The summed E-state index contributed by atoms with van der Waals surface area (Å²) in [5.74, 6) is 0.457. The molecule has 0 aliphatic carbocycles. The van der Waals surface area contributed by atoms with Gasteiger partial charge < -0.3 is 10.1 Å². The molecule has 0 spiro atoms. The molecule has 0 amide bonds. The van der Waals surface area contributed by atoms with Gasteiger partial charge in [0.2, 0.25) is 0 Å². The Hall–Kier alpha value is -1.94. The van der Waals surface area contributed by atoms with E-state index in [9.17, 15) is 4.39 Å². The lowest BCUT2D eigenvalue weighted by Crippen LogP contribution is -2.23. The molecule has 0 aliphatic heterocycles. The van der Waals surface area contributed by atoms with Crippen molar-refractivity contribution < 1.29 is 9.13 Å². The van der Waals surface area contributed by atoms with Crippen LogP contribution in [0.3, 0.4) is 0 Å². The van der Waals surface area contributed by atoms with Gasteiger partial charge in [0, 0.05) is 6.20 Å². The number of pyridine rings is 1. The number of hydrogen-bond acceptors (Lipinski definition) is 3. The van der Waals surface area contributed by atoms with Gasteiger partial charge in [0.1, 0.15) is 17.3 Å². The smallest absolute Gasteiger partial charge is 0.142 e. The second-order valence-corrected chi connectivity index (χ2v) is 4.64. The van der Waals surface area contributed by atoms with Gasteiger partial charge in [-0.25, -0.2) is 4.39 Å². The van der Waals surface area contributed by atoms with Crippen molar-refractivity contribution in [2.75, 3.05) is 13.7 Å². The summed E-state index contributed by atoms with van der Waals surface area (Å²) in [5.41, 5.74) is 2.50. The van der Waals surface area contributed by atoms with E-state index in [4.69, 9.17) is 4.74 Å². The molecule has 20 heavy (non-hydrogen) atoms. The maximum atomic E-state index is 13.6. The van der Waals surface area contributed by atoms with E-state index in [1.807, 2.05) is 32.0 Å². The maximum Gasteiger partial charge on any atom is 0.142 e. The lowest BCUT2D eigenvalue weighted by molar-refractivity contribution is 0.400. The molecule has 1 heterocycles. The predicted molar refractivity (Wildman–Crippen MR) is 77.4 cm³/mol. The minimum absolute atomic E-state index is 0.189. The Morgan fingerprint density at radius 2 is 2.15 bits per heavy atom. The zero-order chi connectivity index (χ0) is 14.5. The molecule has 1 aromatic heterocycles. The number of nitrogens with zero attached hydrogens (tertiary/aromatic N) is 1. The lowest BCUT2D eigenvalue weighted by Gasteiger charge is -2.20. The van der Waals surface area contributed by atoms with Crippen molar-refractivity contribution in [1.82, 2.24) is 10.3 Å². The Labute approximate surface area is 118 Å². The highest BCUT2D eigenvalue weighted by Gasteiger charge is 2.19. The van der Waals surface area contributed by atoms with Gasteiger partial charge in [0.25, 0.3) is 0 Å². The standard InChI is InChI=1S/C16H19FN2O/c1-4-18-15(12-8-11(2)9-13(17)10-12)16-14(20-3)6-5-7-19-16/h5-10,15,18H,4H2,1-3H3. The van der Waals surface area contributed by atoms with Crippen LogP contribution in [0, 0.1) is 12.7 Å². The molecule has 0 saturated carbocycles. The third kappa shape index (κ3) is 3.14.